The summed E-state index contributed by atoms with van der Waals surface area (Å²) in [5.41, 5.74) is 0. The number of carbonyl (C=O) groups is 1. The van der Waals surface area contributed by atoms with Gasteiger partial charge in [-0.3, -0.25) is 4.79 Å². The van der Waals surface area contributed by atoms with E-state index in [9.17, 15) is 9.36 Å². The van der Waals surface area contributed by atoms with Crippen molar-refractivity contribution >= 4 is 14.2 Å². The first-order valence-corrected chi connectivity index (χ1v) is 4.84. The maximum absolute atomic E-state index is 10.2. The van der Waals surface area contributed by atoms with Crippen LogP contribution in [0.3, 0.4) is 0 Å². The Bertz CT molecular complexity index is 142. The average molecular weight is 211 g/mol. The van der Waals surface area contributed by atoms with Crippen LogP contribution < -0.4 is 0 Å². The van der Waals surface area contributed by atoms with E-state index >= 15 is 0 Å². The van der Waals surface area contributed by atoms with E-state index in [2.05, 4.69) is 13.8 Å². The standard InChI is InChI=1S/C5H10O2.C2H6O3P/c1-3-4-5(6)7-2;1-4-6(3)5-2/h3-4H2,1-2H3;1-2H3/q;+1. The third-order valence-corrected chi connectivity index (χ3v) is 1.58. The van der Waals surface area contributed by atoms with Crippen molar-refractivity contribution < 1.29 is 23.1 Å². The monoisotopic (exact) mass is 211 g/mol. The average Bonchev–Trinajstić information content (AvgIpc) is 2.18. The second kappa shape index (κ2) is 11.5. The molecule has 0 aromatic rings. The molecule has 0 aliphatic rings. The summed E-state index contributed by atoms with van der Waals surface area (Å²) in [5.74, 6) is -0.123. The third-order valence-electron chi connectivity index (χ3n) is 0.980. The third kappa shape index (κ3) is 14.4. The van der Waals surface area contributed by atoms with E-state index in [-0.39, 0.29) is 5.97 Å². The molecule has 0 saturated heterocycles. The number of hydrogen-bond donors (Lipinski definition) is 0. The zero-order chi connectivity index (χ0) is 10.7. The van der Waals surface area contributed by atoms with Crippen molar-refractivity contribution in [2.75, 3.05) is 21.3 Å². The van der Waals surface area contributed by atoms with E-state index in [1.807, 2.05) is 6.92 Å². The van der Waals surface area contributed by atoms with Crippen molar-refractivity contribution in [2.45, 2.75) is 19.8 Å². The Morgan fingerprint density at radius 3 is 1.77 bits per heavy atom. The second-order valence-electron chi connectivity index (χ2n) is 1.91. The lowest BCUT2D eigenvalue weighted by Crippen LogP contribution is -1.97. The van der Waals surface area contributed by atoms with E-state index < -0.39 is 8.25 Å². The van der Waals surface area contributed by atoms with Gasteiger partial charge in [0.15, 0.2) is 0 Å². The van der Waals surface area contributed by atoms with E-state index in [4.69, 9.17) is 0 Å². The van der Waals surface area contributed by atoms with Crippen LogP contribution in [0.25, 0.3) is 0 Å². The Morgan fingerprint density at radius 1 is 1.23 bits per heavy atom. The highest BCUT2D eigenvalue weighted by Gasteiger charge is 2.10. The zero-order valence-corrected chi connectivity index (χ0v) is 9.30. The first kappa shape index (κ1) is 15.0. The maximum atomic E-state index is 10.2. The predicted octanol–water partition coefficient (Wildman–Crippen LogP) is 1.90. The fraction of sp³-hybridized carbons (Fsp3) is 0.857. The smallest absolute Gasteiger partial charge is 0.469 e. The van der Waals surface area contributed by atoms with Gasteiger partial charge in [-0.05, 0) is 6.42 Å². The quantitative estimate of drug-likeness (QED) is 0.525. The minimum atomic E-state index is -1.83. The summed E-state index contributed by atoms with van der Waals surface area (Å²) in [6.45, 7) is 1.94. The molecular formula is C7H16O5P+. The lowest BCUT2D eigenvalue weighted by atomic mass is 10.3. The topological polar surface area (TPSA) is 61.8 Å². The summed E-state index contributed by atoms with van der Waals surface area (Å²) >= 11 is 0. The van der Waals surface area contributed by atoms with Gasteiger partial charge in [-0.2, -0.15) is 0 Å². The number of hydrogen-bond acceptors (Lipinski definition) is 5. The molecule has 0 aromatic carbocycles. The van der Waals surface area contributed by atoms with E-state index in [0.29, 0.717) is 6.42 Å². The van der Waals surface area contributed by atoms with E-state index in [0.717, 1.165) is 6.42 Å². The molecule has 0 bridgehead atoms. The summed E-state index contributed by atoms with van der Waals surface area (Å²) in [5, 5.41) is 0. The molecule has 0 N–H and O–H groups in total. The molecule has 0 saturated carbocycles. The van der Waals surface area contributed by atoms with Gasteiger partial charge in [0, 0.05) is 11.0 Å². The number of methoxy groups -OCH3 is 1. The van der Waals surface area contributed by atoms with Crippen molar-refractivity contribution in [1.82, 2.24) is 0 Å². The van der Waals surface area contributed by atoms with Crippen molar-refractivity contribution in [3.05, 3.63) is 0 Å². The predicted molar refractivity (Wildman–Crippen MR) is 48.5 cm³/mol. The highest BCUT2D eigenvalue weighted by molar-refractivity contribution is 7.33. The van der Waals surface area contributed by atoms with Gasteiger partial charge in [0.05, 0.1) is 21.3 Å². The molecule has 0 atom stereocenters. The Hall–Kier alpha value is -0.510. The largest absolute Gasteiger partial charge is 0.696 e. The summed E-state index contributed by atoms with van der Waals surface area (Å²) in [7, 11) is 2.22. The molecular weight excluding hydrogens is 195 g/mol. The Morgan fingerprint density at radius 2 is 1.69 bits per heavy atom. The summed E-state index contributed by atoms with van der Waals surface area (Å²) < 4.78 is 22.6. The molecule has 0 spiro atoms. The van der Waals surface area contributed by atoms with Gasteiger partial charge in [0.2, 0.25) is 0 Å². The molecule has 0 heterocycles. The molecule has 0 rings (SSSR count). The van der Waals surface area contributed by atoms with Crippen LogP contribution in [0.1, 0.15) is 19.8 Å². The van der Waals surface area contributed by atoms with Crippen LogP contribution >= 0.6 is 8.25 Å². The summed E-state index contributed by atoms with van der Waals surface area (Å²) in [6.07, 6.45) is 1.41. The van der Waals surface area contributed by atoms with Gasteiger partial charge in [-0.25, -0.2) is 0 Å². The molecule has 0 aliphatic carbocycles. The van der Waals surface area contributed by atoms with Crippen molar-refractivity contribution in [1.29, 1.82) is 0 Å². The molecule has 0 fully saturated rings. The fourth-order valence-corrected chi connectivity index (χ4v) is 0.530. The lowest BCUT2D eigenvalue weighted by Gasteiger charge is -1.91. The molecule has 0 unspecified atom stereocenters. The Labute approximate surface area is 79.3 Å². The minimum absolute atomic E-state index is 0.123. The number of esters is 1. The first-order valence-electron chi connectivity index (χ1n) is 3.74. The molecule has 0 radical (unpaired) electrons. The number of rotatable bonds is 4. The Kier molecular flexibility index (Phi) is 13.2. The van der Waals surface area contributed by atoms with Crippen LogP contribution in [-0.4, -0.2) is 27.3 Å². The molecule has 78 valence electrons. The van der Waals surface area contributed by atoms with Crippen LogP contribution in [0, 0.1) is 0 Å². The maximum Gasteiger partial charge on any atom is 0.696 e. The van der Waals surface area contributed by atoms with Crippen LogP contribution in [0.2, 0.25) is 0 Å². The Balaban J connectivity index is 0. The van der Waals surface area contributed by atoms with Crippen molar-refractivity contribution in [3.8, 4) is 0 Å². The number of carbonyl (C=O) groups excluding carboxylic acids is 1. The van der Waals surface area contributed by atoms with Gasteiger partial charge < -0.3 is 4.74 Å². The molecule has 6 heteroatoms. The van der Waals surface area contributed by atoms with Crippen molar-refractivity contribution in [3.63, 3.8) is 0 Å². The fourth-order valence-electron chi connectivity index (χ4n) is 0.381. The number of ether oxygens (including phenoxy) is 1. The molecule has 13 heavy (non-hydrogen) atoms. The normalized spacial score (nSPS) is 8.31. The van der Waals surface area contributed by atoms with Crippen LogP contribution in [0.5, 0.6) is 0 Å². The van der Waals surface area contributed by atoms with Gasteiger partial charge in [-0.1, -0.05) is 6.92 Å². The van der Waals surface area contributed by atoms with Gasteiger partial charge >= 0.3 is 14.2 Å². The molecule has 0 aliphatic heterocycles. The van der Waals surface area contributed by atoms with Crippen LogP contribution in [0.4, 0.5) is 0 Å². The van der Waals surface area contributed by atoms with Crippen molar-refractivity contribution in [2.24, 2.45) is 0 Å². The van der Waals surface area contributed by atoms with Gasteiger partial charge in [0.1, 0.15) is 0 Å². The van der Waals surface area contributed by atoms with E-state index in [1.54, 1.807) is 0 Å². The van der Waals surface area contributed by atoms with Gasteiger partial charge in [0.25, 0.3) is 0 Å². The lowest BCUT2D eigenvalue weighted by molar-refractivity contribution is -0.140. The first-order chi connectivity index (χ1) is 6.12. The zero-order valence-electron chi connectivity index (χ0n) is 8.40. The summed E-state index contributed by atoms with van der Waals surface area (Å²) in [4.78, 5) is 10.2. The molecule has 5 nitrogen and oxygen atoms in total. The SMILES string of the molecule is CCCC(=O)OC.CO[P+](=O)OC. The van der Waals surface area contributed by atoms with E-state index in [1.165, 1.54) is 21.3 Å². The molecule has 0 amide bonds. The van der Waals surface area contributed by atoms with Gasteiger partial charge in [-0.15, -0.1) is 9.05 Å². The highest BCUT2D eigenvalue weighted by Crippen LogP contribution is 2.18. The van der Waals surface area contributed by atoms with Crippen LogP contribution in [-0.2, 0) is 23.1 Å². The highest BCUT2D eigenvalue weighted by atomic mass is 31.1. The second-order valence-corrected chi connectivity index (χ2v) is 3.09. The minimum Gasteiger partial charge on any atom is -0.469 e. The van der Waals surface area contributed by atoms with Crippen LogP contribution in [0.15, 0.2) is 0 Å². The summed E-state index contributed by atoms with van der Waals surface area (Å²) in [6, 6.07) is 0. The molecule has 0 aromatic heterocycles.